The van der Waals surface area contributed by atoms with Gasteiger partial charge in [-0.25, -0.2) is 0 Å². The lowest BCUT2D eigenvalue weighted by atomic mass is 9.87. The van der Waals surface area contributed by atoms with Crippen LogP contribution >= 0.6 is 0 Å². The third kappa shape index (κ3) is 4.25. The summed E-state index contributed by atoms with van der Waals surface area (Å²) < 4.78 is 0. The molecule has 1 aromatic rings. The van der Waals surface area contributed by atoms with Crippen molar-refractivity contribution in [3.63, 3.8) is 0 Å². The zero-order chi connectivity index (χ0) is 13.8. The van der Waals surface area contributed by atoms with Crippen LogP contribution < -0.4 is 5.32 Å². The molecule has 0 bridgehead atoms. The molecule has 1 N–H and O–H groups in total. The standard InChI is InChI=1S/C17H23N/c1-7-15(12-13(2)3)18-16-10-8-14(9-11-16)17(4,5)6/h7-12,18H,1-2H2,3-6H3/b15-12+. The first kappa shape index (κ1) is 14.3. The van der Waals surface area contributed by atoms with Crippen LogP contribution in [0.15, 0.2) is 60.8 Å². The summed E-state index contributed by atoms with van der Waals surface area (Å²) in [5.41, 5.74) is 4.55. The summed E-state index contributed by atoms with van der Waals surface area (Å²) in [5.74, 6) is 0. The number of hydrogen-bond acceptors (Lipinski definition) is 1. The Bertz CT molecular complexity index is 455. The van der Waals surface area contributed by atoms with E-state index < -0.39 is 0 Å². The maximum atomic E-state index is 3.87. The van der Waals surface area contributed by atoms with Crippen LogP contribution in [0.4, 0.5) is 5.69 Å². The average Bonchev–Trinajstić information content (AvgIpc) is 2.27. The molecule has 0 saturated carbocycles. The fraction of sp³-hybridized carbons (Fsp3) is 0.294. The van der Waals surface area contributed by atoms with Crippen molar-refractivity contribution in [2.75, 3.05) is 5.32 Å². The fourth-order valence-electron chi connectivity index (χ4n) is 1.63. The number of allylic oxidation sites excluding steroid dienone is 3. The van der Waals surface area contributed by atoms with Crippen LogP contribution in [0, 0.1) is 0 Å². The van der Waals surface area contributed by atoms with Gasteiger partial charge in [-0.1, -0.05) is 51.6 Å². The second-order valence-corrected chi connectivity index (χ2v) is 5.60. The molecule has 0 aromatic heterocycles. The molecule has 0 amide bonds. The summed E-state index contributed by atoms with van der Waals surface area (Å²) in [7, 11) is 0. The van der Waals surface area contributed by atoms with E-state index in [1.165, 1.54) is 5.56 Å². The predicted molar refractivity (Wildman–Crippen MR) is 81.9 cm³/mol. The molecule has 0 radical (unpaired) electrons. The van der Waals surface area contributed by atoms with Crippen molar-refractivity contribution >= 4 is 5.69 Å². The van der Waals surface area contributed by atoms with E-state index in [2.05, 4.69) is 63.5 Å². The summed E-state index contributed by atoms with van der Waals surface area (Å²) in [6, 6.07) is 8.50. The lowest BCUT2D eigenvalue weighted by molar-refractivity contribution is 0.590. The van der Waals surface area contributed by atoms with Crippen molar-refractivity contribution in [1.82, 2.24) is 0 Å². The molecule has 0 unspecified atom stereocenters. The molecule has 1 aromatic carbocycles. The van der Waals surface area contributed by atoms with Gasteiger partial charge in [0, 0.05) is 11.4 Å². The van der Waals surface area contributed by atoms with Crippen LogP contribution in [0.25, 0.3) is 0 Å². The van der Waals surface area contributed by atoms with Gasteiger partial charge in [-0.05, 0) is 42.2 Å². The second-order valence-electron chi connectivity index (χ2n) is 5.60. The van der Waals surface area contributed by atoms with Gasteiger partial charge in [0.05, 0.1) is 0 Å². The molecule has 1 rings (SSSR count). The quantitative estimate of drug-likeness (QED) is 0.728. The van der Waals surface area contributed by atoms with E-state index in [0.29, 0.717) is 0 Å². The Morgan fingerprint density at radius 3 is 2.11 bits per heavy atom. The van der Waals surface area contributed by atoms with Gasteiger partial charge in [0.2, 0.25) is 0 Å². The van der Waals surface area contributed by atoms with Gasteiger partial charge >= 0.3 is 0 Å². The van der Waals surface area contributed by atoms with Crippen molar-refractivity contribution in [2.45, 2.75) is 33.1 Å². The first-order valence-electron chi connectivity index (χ1n) is 6.20. The van der Waals surface area contributed by atoms with Crippen molar-refractivity contribution in [3.8, 4) is 0 Å². The van der Waals surface area contributed by atoms with Crippen molar-refractivity contribution in [2.24, 2.45) is 0 Å². The van der Waals surface area contributed by atoms with E-state index in [4.69, 9.17) is 0 Å². The molecule has 0 fully saturated rings. The second kappa shape index (κ2) is 5.72. The third-order valence-corrected chi connectivity index (χ3v) is 2.66. The Hall–Kier alpha value is -1.76. The average molecular weight is 241 g/mol. The van der Waals surface area contributed by atoms with Gasteiger partial charge in [0.25, 0.3) is 0 Å². The molecular weight excluding hydrogens is 218 g/mol. The Morgan fingerprint density at radius 2 is 1.72 bits per heavy atom. The van der Waals surface area contributed by atoms with Crippen molar-refractivity contribution in [3.05, 3.63) is 66.4 Å². The van der Waals surface area contributed by atoms with E-state index in [1.807, 2.05) is 13.0 Å². The molecule has 1 nitrogen and oxygen atoms in total. The van der Waals surface area contributed by atoms with Gasteiger partial charge in [-0.15, -0.1) is 0 Å². The highest BCUT2D eigenvalue weighted by molar-refractivity contribution is 5.53. The maximum Gasteiger partial charge on any atom is 0.0384 e. The van der Waals surface area contributed by atoms with Crippen LogP contribution in [0.1, 0.15) is 33.3 Å². The van der Waals surface area contributed by atoms with E-state index in [9.17, 15) is 0 Å². The Balaban J connectivity index is 2.87. The summed E-state index contributed by atoms with van der Waals surface area (Å²) in [5, 5.41) is 3.32. The van der Waals surface area contributed by atoms with Gasteiger partial charge in [0.1, 0.15) is 0 Å². The van der Waals surface area contributed by atoms with E-state index in [-0.39, 0.29) is 5.41 Å². The highest BCUT2D eigenvalue weighted by atomic mass is 14.9. The molecule has 0 atom stereocenters. The van der Waals surface area contributed by atoms with Gasteiger partial charge in [-0.3, -0.25) is 0 Å². The summed E-state index contributed by atoms with van der Waals surface area (Å²) in [6.45, 7) is 16.3. The monoisotopic (exact) mass is 241 g/mol. The Labute approximate surface area is 111 Å². The minimum atomic E-state index is 0.188. The molecule has 0 heterocycles. The smallest absolute Gasteiger partial charge is 0.0384 e. The number of benzene rings is 1. The van der Waals surface area contributed by atoms with Crippen molar-refractivity contribution in [1.29, 1.82) is 0 Å². The predicted octanol–water partition coefficient (Wildman–Crippen LogP) is 5.04. The Morgan fingerprint density at radius 1 is 1.17 bits per heavy atom. The largest absolute Gasteiger partial charge is 0.356 e. The highest BCUT2D eigenvalue weighted by Crippen LogP contribution is 2.24. The lowest BCUT2D eigenvalue weighted by Crippen LogP contribution is -2.10. The summed E-state index contributed by atoms with van der Waals surface area (Å²) in [4.78, 5) is 0. The summed E-state index contributed by atoms with van der Waals surface area (Å²) >= 11 is 0. The molecule has 0 aliphatic rings. The number of anilines is 1. The molecule has 0 aliphatic heterocycles. The molecule has 96 valence electrons. The van der Waals surface area contributed by atoms with Gasteiger partial charge in [-0.2, -0.15) is 0 Å². The molecule has 18 heavy (non-hydrogen) atoms. The minimum absolute atomic E-state index is 0.188. The van der Waals surface area contributed by atoms with Gasteiger partial charge < -0.3 is 5.32 Å². The number of nitrogens with one attached hydrogen (secondary N) is 1. The summed E-state index contributed by atoms with van der Waals surface area (Å²) in [6.07, 6.45) is 3.77. The first-order chi connectivity index (χ1) is 8.32. The normalized spacial score (nSPS) is 12.1. The topological polar surface area (TPSA) is 12.0 Å². The van der Waals surface area contributed by atoms with E-state index in [1.54, 1.807) is 6.08 Å². The van der Waals surface area contributed by atoms with Gasteiger partial charge in [0.15, 0.2) is 0 Å². The minimum Gasteiger partial charge on any atom is -0.356 e. The molecule has 0 spiro atoms. The lowest BCUT2D eigenvalue weighted by Gasteiger charge is -2.19. The van der Waals surface area contributed by atoms with E-state index >= 15 is 0 Å². The Kier molecular flexibility index (Phi) is 4.55. The SMILES string of the molecule is C=C/C(=C\C(=C)C)Nc1ccc(C(C)(C)C)cc1. The van der Waals surface area contributed by atoms with Crippen LogP contribution in [-0.4, -0.2) is 0 Å². The van der Waals surface area contributed by atoms with Crippen LogP contribution in [0.2, 0.25) is 0 Å². The fourth-order valence-corrected chi connectivity index (χ4v) is 1.63. The molecule has 0 aliphatic carbocycles. The molecule has 1 heteroatoms. The number of hydrogen-bond donors (Lipinski definition) is 1. The molecule has 0 saturated heterocycles. The zero-order valence-corrected chi connectivity index (χ0v) is 11.9. The van der Waals surface area contributed by atoms with Crippen LogP contribution in [-0.2, 0) is 5.41 Å². The van der Waals surface area contributed by atoms with Crippen LogP contribution in [0.5, 0.6) is 0 Å². The third-order valence-electron chi connectivity index (χ3n) is 2.66. The number of rotatable bonds is 4. The van der Waals surface area contributed by atoms with Crippen LogP contribution in [0.3, 0.4) is 0 Å². The maximum absolute atomic E-state index is 3.87. The van der Waals surface area contributed by atoms with Crippen molar-refractivity contribution < 1.29 is 0 Å². The first-order valence-corrected chi connectivity index (χ1v) is 6.20. The highest BCUT2D eigenvalue weighted by Gasteiger charge is 2.12. The molecular formula is C17H23N. The van der Waals surface area contributed by atoms with E-state index in [0.717, 1.165) is 17.0 Å². The zero-order valence-electron chi connectivity index (χ0n) is 11.9.